The molecule has 7 nitrogen and oxygen atoms in total. The average molecular weight is 489 g/mol. The molecule has 0 aliphatic heterocycles. The number of halogens is 1. The third kappa shape index (κ3) is 4.95. The molecule has 2 aromatic carbocycles. The Kier molecular flexibility index (Phi) is 6.96. The zero-order chi connectivity index (χ0) is 25.2. The lowest BCUT2D eigenvalue weighted by Crippen LogP contribution is -2.32. The molecule has 8 heteroatoms. The van der Waals surface area contributed by atoms with Crippen molar-refractivity contribution in [2.75, 3.05) is 0 Å². The molecule has 2 heterocycles. The lowest BCUT2D eigenvalue weighted by molar-refractivity contribution is 0.158. The fourth-order valence-corrected chi connectivity index (χ4v) is 5.60. The monoisotopic (exact) mass is 488 g/mol. The van der Waals surface area contributed by atoms with Crippen LogP contribution in [0.1, 0.15) is 79.2 Å². The number of fused-ring (bicyclic) bond motifs is 1. The minimum absolute atomic E-state index is 0.0937. The zero-order valence-electron chi connectivity index (χ0n) is 21.2. The van der Waals surface area contributed by atoms with E-state index in [0.717, 1.165) is 52.7 Å². The van der Waals surface area contributed by atoms with Gasteiger partial charge in [0.15, 0.2) is 5.82 Å². The third-order valence-electron chi connectivity index (χ3n) is 7.36. The van der Waals surface area contributed by atoms with Gasteiger partial charge in [-0.25, -0.2) is 9.07 Å². The van der Waals surface area contributed by atoms with Gasteiger partial charge in [-0.05, 0) is 84.3 Å². The van der Waals surface area contributed by atoms with Crippen molar-refractivity contribution in [1.29, 1.82) is 0 Å². The standard InChI is InChI=1S/C28H33FN6O/c1-4-25(27-31-32-33-35(27)24-7-5-6-8-24)34(16-20-9-11-23(29)12-10-20)17-22-15-21-14-18(2)13-19(3)26(21)30-28(22)36/h9-15,24-25H,4-8,16-17H2,1-3H3,(H,30,36). The Labute approximate surface area is 210 Å². The van der Waals surface area contributed by atoms with E-state index >= 15 is 0 Å². The van der Waals surface area contributed by atoms with Gasteiger partial charge >= 0.3 is 0 Å². The number of hydrogen-bond donors (Lipinski definition) is 1. The lowest BCUT2D eigenvalue weighted by Gasteiger charge is -2.31. The van der Waals surface area contributed by atoms with Gasteiger partial charge in [-0.2, -0.15) is 0 Å². The Bertz CT molecular complexity index is 1400. The number of H-pyrrole nitrogens is 1. The van der Waals surface area contributed by atoms with Gasteiger partial charge in [0, 0.05) is 18.7 Å². The predicted octanol–water partition coefficient (Wildman–Crippen LogP) is 5.54. The molecule has 4 aromatic rings. The molecule has 188 valence electrons. The molecule has 1 atom stereocenters. The van der Waals surface area contributed by atoms with Crippen LogP contribution in [0.25, 0.3) is 10.9 Å². The molecule has 5 rings (SSSR count). The van der Waals surface area contributed by atoms with Crippen molar-refractivity contribution >= 4 is 10.9 Å². The fraction of sp³-hybridized carbons (Fsp3) is 0.429. The van der Waals surface area contributed by atoms with E-state index in [4.69, 9.17) is 0 Å². The van der Waals surface area contributed by atoms with Crippen LogP contribution >= 0.6 is 0 Å². The molecule has 1 aliphatic carbocycles. The molecule has 36 heavy (non-hydrogen) atoms. The molecule has 0 bridgehead atoms. The Hall–Kier alpha value is -3.39. The fourth-order valence-electron chi connectivity index (χ4n) is 5.60. The van der Waals surface area contributed by atoms with Crippen molar-refractivity contribution in [2.45, 2.75) is 78.0 Å². The van der Waals surface area contributed by atoms with Crippen molar-refractivity contribution < 1.29 is 4.39 Å². The quantitative estimate of drug-likeness (QED) is 0.352. The van der Waals surface area contributed by atoms with Crippen molar-refractivity contribution in [1.82, 2.24) is 30.1 Å². The summed E-state index contributed by atoms with van der Waals surface area (Å²) in [5, 5.41) is 13.9. The molecule has 1 fully saturated rings. The van der Waals surface area contributed by atoms with E-state index < -0.39 is 0 Å². The van der Waals surface area contributed by atoms with Crippen LogP contribution in [0.2, 0.25) is 0 Å². The van der Waals surface area contributed by atoms with E-state index in [1.165, 1.54) is 25.0 Å². The summed E-state index contributed by atoms with van der Waals surface area (Å²) in [4.78, 5) is 18.5. The minimum atomic E-state index is -0.265. The highest BCUT2D eigenvalue weighted by Crippen LogP contribution is 2.33. The second-order valence-electron chi connectivity index (χ2n) is 10.0. The van der Waals surface area contributed by atoms with Gasteiger partial charge in [0.25, 0.3) is 5.56 Å². The summed E-state index contributed by atoms with van der Waals surface area (Å²) in [6.45, 7) is 7.16. The number of tetrazole rings is 1. The van der Waals surface area contributed by atoms with Crippen molar-refractivity contribution in [3.05, 3.63) is 86.7 Å². The van der Waals surface area contributed by atoms with Crippen LogP contribution in [-0.2, 0) is 13.1 Å². The van der Waals surface area contributed by atoms with Gasteiger partial charge in [-0.15, -0.1) is 5.10 Å². The van der Waals surface area contributed by atoms with Gasteiger partial charge in [-0.1, -0.05) is 43.5 Å². The van der Waals surface area contributed by atoms with E-state index in [1.54, 1.807) is 12.1 Å². The molecule has 1 aliphatic rings. The second kappa shape index (κ2) is 10.3. The molecule has 0 spiro atoms. The highest BCUT2D eigenvalue weighted by molar-refractivity contribution is 5.82. The van der Waals surface area contributed by atoms with Gasteiger partial charge in [0.05, 0.1) is 17.6 Å². The summed E-state index contributed by atoms with van der Waals surface area (Å²) >= 11 is 0. The van der Waals surface area contributed by atoms with Crippen LogP contribution in [0.3, 0.4) is 0 Å². The van der Waals surface area contributed by atoms with Crippen molar-refractivity contribution in [3.63, 3.8) is 0 Å². The highest BCUT2D eigenvalue weighted by Gasteiger charge is 2.29. The summed E-state index contributed by atoms with van der Waals surface area (Å²) in [6, 6.07) is 12.9. The van der Waals surface area contributed by atoms with Crippen LogP contribution in [-0.4, -0.2) is 30.1 Å². The SMILES string of the molecule is CCC(c1nnnn1C1CCCC1)N(Cc1ccc(F)cc1)Cc1cc2cc(C)cc(C)c2[nH]c1=O. The number of aryl methyl sites for hydroxylation is 2. The first-order chi connectivity index (χ1) is 17.4. The number of benzene rings is 2. The zero-order valence-corrected chi connectivity index (χ0v) is 21.2. The molecule has 0 amide bonds. The Balaban J connectivity index is 1.55. The van der Waals surface area contributed by atoms with E-state index in [9.17, 15) is 9.18 Å². The molecule has 1 saturated carbocycles. The summed E-state index contributed by atoms with van der Waals surface area (Å²) in [6.07, 6.45) is 5.31. The molecular weight excluding hydrogens is 455 g/mol. The average Bonchev–Trinajstić information content (AvgIpc) is 3.54. The van der Waals surface area contributed by atoms with Crippen LogP contribution in [0.5, 0.6) is 0 Å². The first-order valence-corrected chi connectivity index (χ1v) is 12.8. The normalized spacial score (nSPS) is 15.2. The maximum absolute atomic E-state index is 13.6. The molecule has 2 aromatic heterocycles. The summed E-state index contributed by atoms with van der Waals surface area (Å²) in [5.74, 6) is 0.564. The van der Waals surface area contributed by atoms with Crippen LogP contribution < -0.4 is 5.56 Å². The summed E-state index contributed by atoms with van der Waals surface area (Å²) < 4.78 is 15.6. The number of aromatic amines is 1. The Morgan fingerprint density at radius 3 is 2.58 bits per heavy atom. The number of nitrogens with one attached hydrogen (secondary N) is 1. The molecule has 1 unspecified atom stereocenters. The topological polar surface area (TPSA) is 79.7 Å². The molecule has 0 saturated heterocycles. The van der Waals surface area contributed by atoms with E-state index in [-0.39, 0.29) is 17.4 Å². The predicted molar refractivity (Wildman–Crippen MR) is 138 cm³/mol. The summed E-state index contributed by atoms with van der Waals surface area (Å²) in [5.41, 5.74) is 4.65. The van der Waals surface area contributed by atoms with Crippen LogP contribution in [0.15, 0.2) is 47.3 Å². The lowest BCUT2D eigenvalue weighted by atomic mass is 10.0. The second-order valence-corrected chi connectivity index (χ2v) is 10.0. The largest absolute Gasteiger partial charge is 0.321 e. The van der Waals surface area contributed by atoms with Gasteiger partial charge in [0.1, 0.15) is 5.82 Å². The van der Waals surface area contributed by atoms with Crippen LogP contribution in [0, 0.1) is 19.7 Å². The number of rotatable bonds is 8. The van der Waals surface area contributed by atoms with Crippen LogP contribution in [0.4, 0.5) is 4.39 Å². The van der Waals surface area contributed by atoms with Crippen molar-refractivity contribution in [3.8, 4) is 0 Å². The number of nitrogens with zero attached hydrogens (tertiary/aromatic N) is 5. The first kappa shape index (κ1) is 24.3. The number of hydrogen-bond acceptors (Lipinski definition) is 5. The molecule has 1 N–H and O–H groups in total. The maximum atomic E-state index is 13.6. The van der Waals surface area contributed by atoms with E-state index in [0.29, 0.717) is 24.7 Å². The smallest absolute Gasteiger partial charge is 0.252 e. The molecule has 0 radical (unpaired) electrons. The number of pyridine rings is 1. The Morgan fingerprint density at radius 1 is 1.11 bits per heavy atom. The molecular formula is C28H33FN6O. The Morgan fingerprint density at radius 2 is 1.86 bits per heavy atom. The third-order valence-corrected chi connectivity index (χ3v) is 7.36. The maximum Gasteiger partial charge on any atom is 0.252 e. The first-order valence-electron chi connectivity index (χ1n) is 12.8. The number of aromatic nitrogens is 5. The highest BCUT2D eigenvalue weighted by atomic mass is 19.1. The van der Waals surface area contributed by atoms with Gasteiger partial charge in [-0.3, -0.25) is 9.69 Å². The van der Waals surface area contributed by atoms with Gasteiger partial charge in [0.2, 0.25) is 0 Å². The van der Waals surface area contributed by atoms with Crippen molar-refractivity contribution in [2.24, 2.45) is 0 Å². The minimum Gasteiger partial charge on any atom is -0.321 e. The van der Waals surface area contributed by atoms with E-state index in [1.807, 2.05) is 17.7 Å². The summed E-state index contributed by atoms with van der Waals surface area (Å²) in [7, 11) is 0. The van der Waals surface area contributed by atoms with E-state index in [2.05, 4.69) is 51.4 Å². The van der Waals surface area contributed by atoms with Gasteiger partial charge < -0.3 is 4.98 Å².